The molecule has 128 valence electrons. The highest BCUT2D eigenvalue weighted by Crippen LogP contribution is 2.18. The second-order valence-corrected chi connectivity index (χ2v) is 6.22. The summed E-state index contributed by atoms with van der Waals surface area (Å²) in [7, 11) is 3.99. The molecule has 1 amide bonds. The number of benzene rings is 2. The van der Waals surface area contributed by atoms with Crippen LogP contribution in [-0.2, 0) is 9.59 Å². The van der Waals surface area contributed by atoms with Crippen LogP contribution in [0.5, 0.6) is 0 Å². The van der Waals surface area contributed by atoms with Gasteiger partial charge in [-0.2, -0.15) is 0 Å². The van der Waals surface area contributed by atoms with Gasteiger partial charge in [0, 0.05) is 5.69 Å². The third-order valence-electron chi connectivity index (χ3n) is 3.84. The van der Waals surface area contributed by atoms with Crippen molar-refractivity contribution < 1.29 is 24.9 Å². The van der Waals surface area contributed by atoms with Crippen LogP contribution in [-0.4, -0.2) is 45.1 Å². The molecule has 6 heteroatoms. The van der Waals surface area contributed by atoms with E-state index in [0.717, 1.165) is 17.3 Å². The number of carbonyl (C=O) groups excluding carboxylic acids is 2. The van der Waals surface area contributed by atoms with Gasteiger partial charge >= 0.3 is 0 Å². The molecule has 6 nitrogen and oxygen atoms in total. The topological polar surface area (TPSA) is 90.3 Å². The van der Waals surface area contributed by atoms with E-state index < -0.39 is 12.0 Å². The highest BCUT2D eigenvalue weighted by atomic mass is 16.4. The number of amides is 1. The number of nitrogens with two attached hydrogens (primary N) is 1. The van der Waals surface area contributed by atoms with Crippen molar-refractivity contribution in [2.24, 2.45) is 0 Å². The summed E-state index contributed by atoms with van der Waals surface area (Å²) in [6.45, 7) is 1.44. The van der Waals surface area contributed by atoms with Crippen molar-refractivity contribution in [3.63, 3.8) is 0 Å². The quantitative estimate of drug-likeness (QED) is 0.523. The summed E-state index contributed by atoms with van der Waals surface area (Å²) in [6, 6.07) is 12.6. The van der Waals surface area contributed by atoms with Crippen LogP contribution in [0.1, 0.15) is 6.42 Å². The van der Waals surface area contributed by atoms with Gasteiger partial charge in [0.05, 0.1) is 26.5 Å². The maximum absolute atomic E-state index is 12.1. The first-order valence-corrected chi connectivity index (χ1v) is 8.07. The molecule has 0 unspecified atom stereocenters. The highest BCUT2D eigenvalue weighted by molar-refractivity contribution is 5.96. The summed E-state index contributed by atoms with van der Waals surface area (Å²) in [5.41, 5.74) is 0.661. The minimum absolute atomic E-state index is 0.113. The molecule has 0 fully saturated rings. The Morgan fingerprint density at radius 1 is 1.17 bits per heavy atom. The fraction of sp³-hybridized carbons (Fsp3) is 0.333. The van der Waals surface area contributed by atoms with E-state index in [2.05, 4.69) is 5.32 Å². The van der Waals surface area contributed by atoms with Gasteiger partial charge < -0.3 is 25.4 Å². The third-order valence-corrected chi connectivity index (χ3v) is 3.84. The number of hydrogen-bond donors (Lipinski definition) is 3. The van der Waals surface area contributed by atoms with Crippen molar-refractivity contribution in [3.05, 3.63) is 42.5 Å². The van der Waals surface area contributed by atoms with Gasteiger partial charge in [-0.3, -0.25) is 4.79 Å². The molecule has 2 aromatic carbocycles. The zero-order valence-electron chi connectivity index (χ0n) is 14.0. The Morgan fingerprint density at radius 3 is 2.54 bits per heavy atom. The number of fused-ring (bicyclic) bond motifs is 1. The lowest BCUT2D eigenvalue weighted by Crippen LogP contribution is -3.10. The summed E-state index contributed by atoms with van der Waals surface area (Å²) >= 11 is 0. The van der Waals surface area contributed by atoms with Crippen LogP contribution in [0.25, 0.3) is 10.8 Å². The summed E-state index contributed by atoms with van der Waals surface area (Å²) in [5, 5.41) is 17.7. The molecule has 0 aliphatic carbocycles. The van der Waals surface area contributed by atoms with Crippen molar-refractivity contribution in [2.45, 2.75) is 12.5 Å². The first-order valence-electron chi connectivity index (χ1n) is 8.07. The Labute approximate surface area is 141 Å². The molecule has 24 heavy (non-hydrogen) atoms. The summed E-state index contributed by atoms with van der Waals surface area (Å²) in [6.07, 6.45) is -0.113. The van der Waals surface area contributed by atoms with Crippen molar-refractivity contribution in [2.75, 3.05) is 32.5 Å². The number of carboxylic acid groups (broad SMARTS) is 1. The third kappa shape index (κ3) is 5.33. The Balaban J connectivity index is 1.95. The van der Waals surface area contributed by atoms with E-state index in [-0.39, 0.29) is 12.3 Å². The van der Waals surface area contributed by atoms with Crippen molar-refractivity contribution in [1.29, 1.82) is 0 Å². The number of carboxylic acids is 1. The minimum Gasteiger partial charge on any atom is -0.544 e. The van der Waals surface area contributed by atoms with E-state index in [1.165, 1.54) is 4.90 Å². The number of anilines is 1. The van der Waals surface area contributed by atoms with Crippen LogP contribution >= 0.6 is 0 Å². The van der Waals surface area contributed by atoms with Gasteiger partial charge in [-0.1, -0.05) is 30.3 Å². The van der Waals surface area contributed by atoms with Crippen LogP contribution < -0.4 is 20.6 Å². The van der Waals surface area contributed by atoms with Gasteiger partial charge in [-0.15, -0.1) is 0 Å². The minimum atomic E-state index is -1.21. The fourth-order valence-corrected chi connectivity index (χ4v) is 2.51. The molecular formula is C18H24N3O3+. The number of hydrogen-bond acceptors (Lipinski definition) is 3. The monoisotopic (exact) mass is 330 g/mol. The second-order valence-electron chi connectivity index (χ2n) is 6.22. The summed E-state index contributed by atoms with van der Waals surface area (Å²) < 4.78 is 0. The maximum atomic E-state index is 12.1. The van der Waals surface area contributed by atoms with Gasteiger partial charge in [-0.25, -0.2) is 0 Å². The van der Waals surface area contributed by atoms with Crippen molar-refractivity contribution >= 4 is 28.3 Å². The van der Waals surface area contributed by atoms with Crippen LogP contribution in [0.3, 0.4) is 0 Å². The smallest absolute Gasteiger partial charge is 0.230 e. The molecule has 1 atom stereocenters. The van der Waals surface area contributed by atoms with E-state index in [0.29, 0.717) is 12.2 Å². The lowest BCUT2D eigenvalue weighted by atomic mass is 10.1. The molecule has 0 spiro atoms. The molecule has 2 rings (SSSR count). The van der Waals surface area contributed by atoms with Gasteiger partial charge in [0.25, 0.3) is 0 Å². The number of likely N-dealkylation sites (N-methyl/N-ethyl adjacent to an activating group) is 1. The van der Waals surface area contributed by atoms with E-state index >= 15 is 0 Å². The molecule has 0 saturated heterocycles. The predicted octanol–water partition coefficient (Wildman–Crippen LogP) is -2.01. The molecule has 4 N–H and O–H groups in total. The average Bonchev–Trinajstić information content (AvgIpc) is 2.53. The SMILES string of the molecule is C[NH+](C)CC[NH2+][C@H](CC(=O)Nc1ccc2ccccc2c1)C(=O)[O-]. The van der Waals surface area contributed by atoms with E-state index in [4.69, 9.17) is 0 Å². The van der Waals surface area contributed by atoms with Gasteiger partial charge in [0.15, 0.2) is 0 Å². The first-order chi connectivity index (χ1) is 11.5. The van der Waals surface area contributed by atoms with Crippen LogP contribution in [0.15, 0.2) is 42.5 Å². The normalized spacial score (nSPS) is 12.3. The maximum Gasteiger partial charge on any atom is 0.230 e. The molecule has 0 bridgehead atoms. The van der Waals surface area contributed by atoms with E-state index in [1.807, 2.05) is 56.6 Å². The number of quaternary nitrogens is 2. The molecule has 0 saturated carbocycles. The van der Waals surface area contributed by atoms with Crippen LogP contribution in [0.2, 0.25) is 0 Å². The zero-order chi connectivity index (χ0) is 17.5. The number of nitrogens with one attached hydrogen (secondary N) is 2. The Bertz CT molecular complexity index is 715. The first kappa shape index (κ1) is 17.9. The molecule has 0 heterocycles. The van der Waals surface area contributed by atoms with Crippen molar-refractivity contribution in [1.82, 2.24) is 0 Å². The highest BCUT2D eigenvalue weighted by Gasteiger charge is 2.18. The van der Waals surface area contributed by atoms with Gasteiger partial charge in [0.2, 0.25) is 5.91 Å². The van der Waals surface area contributed by atoms with E-state index in [1.54, 1.807) is 5.32 Å². The van der Waals surface area contributed by atoms with Crippen molar-refractivity contribution in [3.8, 4) is 0 Å². The molecule has 0 radical (unpaired) electrons. The lowest BCUT2D eigenvalue weighted by Gasteiger charge is -2.17. The Hall–Kier alpha value is -2.44. The van der Waals surface area contributed by atoms with E-state index in [9.17, 15) is 14.7 Å². The van der Waals surface area contributed by atoms with Gasteiger partial charge in [-0.05, 0) is 22.9 Å². The predicted molar refractivity (Wildman–Crippen MR) is 90.5 cm³/mol. The van der Waals surface area contributed by atoms with Crippen LogP contribution in [0.4, 0.5) is 5.69 Å². The second kappa shape index (κ2) is 8.42. The fourth-order valence-electron chi connectivity index (χ4n) is 2.51. The average molecular weight is 330 g/mol. The summed E-state index contributed by atoms with van der Waals surface area (Å²) in [4.78, 5) is 24.6. The molecule has 0 aliphatic heterocycles. The zero-order valence-corrected chi connectivity index (χ0v) is 14.0. The Morgan fingerprint density at radius 2 is 1.88 bits per heavy atom. The molecule has 0 aliphatic rings. The van der Waals surface area contributed by atoms with Gasteiger partial charge in [0.1, 0.15) is 19.1 Å². The number of carbonyl (C=O) groups is 2. The number of rotatable bonds is 8. The molecule has 0 aromatic heterocycles. The Kier molecular flexibility index (Phi) is 6.28. The molecular weight excluding hydrogens is 306 g/mol. The standard InChI is InChI=1S/C18H23N3O3/c1-21(2)10-9-19-16(18(23)24)12-17(22)20-15-8-7-13-5-3-4-6-14(13)11-15/h3-8,11,16,19H,9-10,12H2,1-2H3,(H,20,22)(H,23,24)/p+1/t16-/m1/s1. The number of aliphatic carboxylic acids is 1. The lowest BCUT2D eigenvalue weighted by molar-refractivity contribution is -0.876. The summed E-state index contributed by atoms with van der Waals surface area (Å²) in [5.74, 6) is -1.54. The van der Waals surface area contributed by atoms with Crippen LogP contribution in [0, 0.1) is 0 Å². The largest absolute Gasteiger partial charge is 0.544 e. The molecule has 2 aromatic rings.